The molecule has 100 valence electrons. The first-order chi connectivity index (χ1) is 8.63. The molecule has 18 heavy (non-hydrogen) atoms. The van der Waals surface area contributed by atoms with Crippen LogP contribution in [0.15, 0.2) is 29.4 Å². The van der Waals surface area contributed by atoms with E-state index in [0.717, 1.165) is 5.03 Å². The van der Waals surface area contributed by atoms with Gasteiger partial charge in [-0.15, -0.1) is 11.8 Å². The van der Waals surface area contributed by atoms with Crippen LogP contribution in [0, 0.1) is 0 Å². The van der Waals surface area contributed by atoms with Gasteiger partial charge in [-0.3, -0.25) is 4.79 Å². The Bertz CT molecular complexity index is 357. The van der Waals surface area contributed by atoms with Gasteiger partial charge in [0.2, 0.25) is 0 Å². The van der Waals surface area contributed by atoms with E-state index in [1.165, 1.54) is 0 Å². The lowest BCUT2D eigenvalue weighted by molar-refractivity contribution is -0.145. The minimum Gasteiger partial charge on any atom is -0.465 e. The molecule has 4 nitrogen and oxygen atoms in total. The number of carbonyl (C=O) groups excluding carboxylic acids is 1. The number of thioether (sulfide) groups is 1. The molecular formula is C13H20N2O2S. The third kappa shape index (κ3) is 5.51. The smallest absolute Gasteiger partial charge is 0.324 e. The Morgan fingerprint density at radius 1 is 1.50 bits per heavy atom. The second-order valence-electron chi connectivity index (χ2n) is 4.10. The summed E-state index contributed by atoms with van der Waals surface area (Å²) in [6, 6.07) is 5.69. The van der Waals surface area contributed by atoms with E-state index < -0.39 is 0 Å². The van der Waals surface area contributed by atoms with E-state index in [4.69, 9.17) is 4.74 Å². The van der Waals surface area contributed by atoms with Crippen LogP contribution in [0.1, 0.15) is 20.8 Å². The molecule has 0 amide bonds. The molecule has 0 aliphatic carbocycles. The largest absolute Gasteiger partial charge is 0.465 e. The Balaban J connectivity index is 2.53. The number of carbonyl (C=O) groups is 1. The predicted octanol–water partition coefficient (Wildman–Crippen LogP) is 2.10. The van der Waals surface area contributed by atoms with Crippen LogP contribution in [-0.4, -0.2) is 35.4 Å². The molecule has 5 heteroatoms. The van der Waals surface area contributed by atoms with Crippen molar-refractivity contribution in [3.63, 3.8) is 0 Å². The third-order valence-corrected chi connectivity index (χ3v) is 3.18. The van der Waals surface area contributed by atoms with Crippen LogP contribution < -0.4 is 5.32 Å². The Labute approximate surface area is 113 Å². The molecule has 1 atom stereocenters. The van der Waals surface area contributed by atoms with Crippen molar-refractivity contribution in [2.45, 2.75) is 37.9 Å². The molecule has 1 heterocycles. The van der Waals surface area contributed by atoms with Gasteiger partial charge >= 0.3 is 5.97 Å². The van der Waals surface area contributed by atoms with Gasteiger partial charge in [0.05, 0.1) is 11.6 Å². The fourth-order valence-electron chi connectivity index (χ4n) is 1.43. The maximum Gasteiger partial charge on any atom is 0.324 e. The zero-order chi connectivity index (χ0) is 13.4. The summed E-state index contributed by atoms with van der Waals surface area (Å²) < 4.78 is 5.06. The van der Waals surface area contributed by atoms with E-state index in [1.807, 2.05) is 39.0 Å². The molecule has 1 N–H and O–H groups in total. The number of pyridine rings is 1. The zero-order valence-corrected chi connectivity index (χ0v) is 11.9. The fraction of sp³-hybridized carbons (Fsp3) is 0.538. The van der Waals surface area contributed by atoms with Crippen molar-refractivity contribution in [2.75, 3.05) is 12.4 Å². The van der Waals surface area contributed by atoms with Crippen molar-refractivity contribution in [3.8, 4) is 0 Å². The summed E-state index contributed by atoms with van der Waals surface area (Å²) in [6.07, 6.45) is 1.75. The lowest BCUT2D eigenvalue weighted by Crippen LogP contribution is -2.43. The van der Waals surface area contributed by atoms with Gasteiger partial charge in [0.15, 0.2) is 0 Å². The maximum atomic E-state index is 11.8. The van der Waals surface area contributed by atoms with Gasteiger partial charge in [-0.25, -0.2) is 4.98 Å². The summed E-state index contributed by atoms with van der Waals surface area (Å²) in [5.41, 5.74) is 0. The van der Waals surface area contributed by atoms with Gasteiger partial charge in [-0.1, -0.05) is 19.9 Å². The highest BCUT2D eigenvalue weighted by molar-refractivity contribution is 7.99. The van der Waals surface area contributed by atoms with Crippen LogP contribution in [0.3, 0.4) is 0 Å². The van der Waals surface area contributed by atoms with Crippen molar-refractivity contribution in [2.24, 2.45) is 0 Å². The minimum absolute atomic E-state index is 0.199. The van der Waals surface area contributed by atoms with Gasteiger partial charge in [-0.05, 0) is 19.1 Å². The lowest BCUT2D eigenvalue weighted by Gasteiger charge is -2.19. The SMILES string of the molecule is CCOC(=O)C(CSc1ccccn1)NC(C)C. The molecule has 1 aromatic rings. The number of ether oxygens (including phenoxy) is 1. The first-order valence-electron chi connectivity index (χ1n) is 6.10. The second kappa shape index (κ2) is 8.11. The summed E-state index contributed by atoms with van der Waals surface area (Å²) in [5.74, 6) is 0.420. The summed E-state index contributed by atoms with van der Waals surface area (Å²) in [4.78, 5) is 16.0. The van der Waals surface area contributed by atoms with Gasteiger partial charge < -0.3 is 10.1 Å². The van der Waals surface area contributed by atoms with E-state index in [-0.39, 0.29) is 18.1 Å². The number of hydrogen-bond donors (Lipinski definition) is 1. The first-order valence-corrected chi connectivity index (χ1v) is 7.08. The second-order valence-corrected chi connectivity index (χ2v) is 5.15. The molecule has 1 aromatic heterocycles. The number of hydrogen-bond acceptors (Lipinski definition) is 5. The van der Waals surface area contributed by atoms with Crippen LogP contribution in [0.2, 0.25) is 0 Å². The summed E-state index contributed by atoms with van der Waals surface area (Å²) >= 11 is 1.55. The quantitative estimate of drug-likeness (QED) is 0.606. The summed E-state index contributed by atoms with van der Waals surface area (Å²) in [5, 5.41) is 4.13. The molecule has 0 saturated heterocycles. The van der Waals surface area contributed by atoms with Crippen LogP contribution in [-0.2, 0) is 9.53 Å². The van der Waals surface area contributed by atoms with E-state index in [0.29, 0.717) is 12.4 Å². The topological polar surface area (TPSA) is 51.2 Å². The Morgan fingerprint density at radius 2 is 2.28 bits per heavy atom. The molecule has 1 rings (SSSR count). The van der Waals surface area contributed by atoms with Gasteiger partial charge in [0.1, 0.15) is 6.04 Å². The minimum atomic E-state index is -0.294. The molecule has 1 unspecified atom stereocenters. The first kappa shape index (κ1) is 15.0. The normalized spacial score (nSPS) is 12.4. The summed E-state index contributed by atoms with van der Waals surface area (Å²) in [7, 11) is 0. The van der Waals surface area contributed by atoms with Gasteiger partial charge in [0.25, 0.3) is 0 Å². The predicted molar refractivity (Wildman–Crippen MR) is 73.7 cm³/mol. The fourth-order valence-corrected chi connectivity index (χ4v) is 2.31. The summed E-state index contributed by atoms with van der Waals surface area (Å²) in [6.45, 7) is 6.24. The molecule has 0 aliphatic heterocycles. The Morgan fingerprint density at radius 3 is 2.83 bits per heavy atom. The van der Waals surface area contributed by atoms with Crippen molar-refractivity contribution in [1.29, 1.82) is 0 Å². The zero-order valence-electron chi connectivity index (χ0n) is 11.1. The molecule has 0 bridgehead atoms. The highest BCUT2D eigenvalue weighted by Gasteiger charge is 2.20. The number of rotatable bonds is 7. The van der Waals surface area contributed by atoms with Crippen molar-refractivity contribution >= 4 is 17.7 Å². The van der Waals surface area contributed by atoms with Crippen LogP contribution >= 0.6 is 11.8 Å². The van der Waals surface area contributed by atoms with E-state index in [2.05, 4.69) is 10.3 Å². The standard InChI is InChI=1S/C13H20N2O2S/c1-4-17-13(16)11(15-10(2)3)9-18-12-7-5-6-8-14-12/h5-8,10-11,15H,4,9H2,1-3H3. The molecule has 0 fully saturated rings. The van der Waals surface area contributed by atoms with Crippen molar-refractivity contribution < 1.29 is 9.53 Å². The van der Waals surface area contributed by atoms with Crippen LogP contribution in [0.5, 0.6) is 0 Å². The third-order valence-electron chi connectivity index (χ3n) is 2.14. The number of aromatic nitrogens is 1. The number of esters is 1. The van der Waals surface area contributed by atoms with Crippen molar-refractivity contribution in [3.05, 3.63) is 24.4 Å². The molecule has 0 spiro atoms. The van der Waals surface area contributed by atoms with Gasteiger partial charge in [0, 0.05) is 18.0 Å². The van der Waals surface area contributed by atoms with Crippen molar-refractivity contribution in [1.82, 2.24) is 10.3 Å². The molecular weight excluding hydrogens is 248 g/mol. The number of nitrogens with one attached hydrogen (secondary N) is 1. The van der Waals surface area contributed by atoms with E-state index in [1.54, 1.807) is 18.0 Å². The average molecular weight is 268 g/mol. The molecule has 0 radical (unpaired) electrons. The Hall–Kier alpha value is -1.07. The highest BCUT2D eigenvalue weighted by Crippen LogP contribution is 2.15. The molecule has 0 saturated carbocycles. The van der Waals surface area contributed by atoms with E-state index in [9.17, 15) is 4.79 Å². The van der Waals surface area contributed by atoms with E-state index >= 15 is 0 Å². The monoisotopic (exact) mass is 268 g/mol. The number of nitrogens with zero attached hydrogens (tertiary/aromatic N) is 1. The van der Waals surface area contributed by atoms with Crippen LogP contribution in [0.25, 0.3) is 0 Å². The lowest BCUT2D eigenvalue weighted by atomic mass is 10.3. The highest BCUT2D eigenvalue weighted by atomic mass is 32.2. The molecule has 0 aliphatic rings. The van der Waals surface area contributed by atoms with Gasteiger partial charge in [-0.2, -0.15) is 0 Å². The molecule has 0 aromatic carbocycles. The Kier molecular flexibility index (Phi) is 6.75. The average Bonchev–Trinajstić information content (AvgIpc) is 2.35. The maximum absolute atomic E-state index is 11.8. The van der Waals surface area contributed by atoms with Crippen LogP contribution in [0.4, 0.5) is 0 Å².